The molecule has 0 saturated carbocycles. The number of carbonyl (C=O) groups excluding carboxylic acids is 1. The average Bonchev–Trinajstić information content (AvgIpc) is 2.41. The van der Waals surface area contributed by atoms with Crippen molar-refractivity contribution >= 4 is 11.7 Å². The second-order valence-electron chi connectivity index (χ2n) is 4.81. The van der Waals surface area contributed by atoms with Crippen LogP contribution in [0.3, 0.4) is 0 Å². The number of nitrogens with zero attached hydrogens (tertiary/aromatic N) is 1. The van der Waals surface area contributed by atoms with Crippen LogP contribution < -0.4 is 4.74 Å². The van der Waals surface area contributed by atoms with E-state index < -0.39 is 17.0 Å². The molecule has 116 valence electrons. The van der Waals surface area contributed by atoms with Gasteiger partial charge in [-0.25, -0.2) is 4.79 Å². The number of rotatable bonds is 7. The van der Waals surface area contributed by atoms with Crippen molar-refractivity contribution in [2.24, 2.45) is 0 Å². The number of ether oxygens (including phenoxy) is 2. The number of aryl methyl sites for hydroxylation is 2. The molecule has 0 radical (unpaired) electrons. The smallest absolute Gasteiger partial charge is 0.347 e. The minimum absolute atomic E-state index is 0.0445. The molecule has 0 heterocycles. The Hall–Kier alpha value is -2.11. The normalized spacial score (nSPS) is 11.8. The highest BCUT2D eigenvalue weighted by atomic mass is 16.6. The standard InChI is InChI=1S/C15H21NO5/c1-5-7-13(15(17)20-6-2)21-14-9-10(3)12(16(18)19)8-11(14)4/h8-9,13H,5-7H2,1-4H3. The van der Waals surface area contributed by atoms with Crippen molar-refractivity contribution in [3.05, 3.63) is 33.4 Å². The van der Waals surface area contributed by atoms with Gasteiger partial charge in [-0.2, -0.15) is 0 Å². The van der Waals surface area contributed by atoms with Gasteiger partial charge in [0.15, 0.2) is 6.10 Å². The van der Waals surface area contributed by atoms with Crippen LogP contribution in [-0.4, -0.2) is 23.6 Å². The molecular formula is C15H21NO5. The van der Waals surface area contributed by atoms with E-state index in [4.69, 9.17) is 9.47 Å². The Morgan fingerprint density at radius 1 is 1.29 bits per heavy atom. The van der Waals surface area contributed by atoms with Crippen molar-refractivity contribution in [3.8, 4) is 5.75 Å². The predicted octanol–water partition coefficient (Wildman–Crippen LogP) is 3.32. The first kappa shape index (κ1) is 16.9. The Morgan fingerprint density at radius 2 is 1.95 bits per heavy atom. The lowest BCUT2D eigenvalue weighted by Gasteiger charge is -2.18. The molecule has 0 fully saturated rings. The summed E-state index contributed by atoms with van der Waals surface area (Å²) in [7, 11) is 0. The number of hydrogen-bond acceptors (Lipinski definition) is 5. The van der Waals surface area contributed by atoms with E-state index in [1.807, 2.05) is 6.92 Å². The molecule has 6 heteroatoms. The van der Waals surface area contributed by atoms with Crippen molar-refractivity contribution in [3.63, 3.8) is 0 Å². The molecule has 0 aliphatic rings. The topological polar surface area (TPSA) is 78.7 Å². The number of hydrogen-bond donors (Lipinski definition) is 0. The first-order chi connectivity index (χ1) is 9.90. The molecule has 1 aromatic rings. The molecule has 0 saturated heterocycles. The summed E-state index contributed by atoms with van der Waals surface area (Å²) in [6.07, 6.45) is 0.623. The molecule has 0 amide bonds. The van der Waals surface area contributed by atoms with Crippen LogP contribution in [0.15, 0.2) is 12.1 Å². The summed E-state index contributed by atoms with van der Waals surface area (Å²) in [5.74, 6) is 0.0689. The zero-order valence-corrected chi connectivity index (χ0v) is 12.8. The minimum Gasteiger partial charge on any atom is -0.478 e. The van der Waals surface area contributed by atoms with Crippen molar-refractivity contribution in [2.45, 2.75) is 46.6 Å². The fraction of sp³-hybridized carbons (Fsp3) is 0.533. The summed E-state index contributed by atoms with van der Waals surface area (Å²) in [6.45, 7) is 7.34. The Kier molecular flexibility index (Phi) is 6.14. The monoisotopic (exact) mass is 295 g/mol. The van der Waals surface area contributed by atoms with Gasteiger partial charge in [-0.15, -0.1) is 0 Å². The maximum Gasteiger partial charge on any atom is 0.347 e. The third-order valence-electron chi connectivity index (χ3n) is 3.06. The molecule has 21 heavy (non-hydrogen) atoms. The van der Waals surface area contributed by atoms with E-state index in [0.29, 0.717) is 29.9 Å². The highest BCUT2D eigenvalue weighted by molar-refractivity contribution is 5.75. The van der Waals surface area contributed by atoms with Gasteiger partial charge >= 0.3 is 5.97 Å². The van der Waals surface area contributed by atoms with Crippen LogP contribution in [0.2, 0.25) is 0 Å². The Balaban J connectivity index is 3.01. The third kappa shape index (κ3) is 4.44. The summed E-state index contributed by atoms with van der Waals surface area (Å²) < 4.78 is 10.7. The van der Waals surface area contributed by atoms with Crippen LogP contribution >= 0.6 is 0 Å². The largest absolute Gasteiger partial charge is 0.478 e. The Bertz CT molecular complexity index is 527. The van der Waals surface area contributed by atoms with E-state index in [1.54, 1.807) is 26.8 Å². The first-order valence-electron chi connectivity index (χ1n) is 6.99. The van der Waals surface area contributed by atoms with E-state index in [9.17, 15) is 14.9 Å². The third-order valence-corrected chi connectivity index (χ3v) is 3.06. The van der Waals surface area contributed by atoms with E-state index in [2.05, 4.69) is 0 Å². The molecule has 1 rings (SSSR count). The molecular weight excluding hydrogens is 274 g/mol. The number of nitro benzene ring substituents is 1. The maximum atomic E-state index is 11.9. The molecule has 0 aliphatic carbocycles. The van der Waals surface area contributed by atoms with Crippen molar-refractivity contribution in [1.29, 1.82) is 0 Å². The number of nitro groups is 1. The molecule has 6 nitrogen and oxygen atoms in total. The summed E-state index contributed by atoms with van der Waals surface area (Å²) in [6, 6.07) is 3.05. The van der Waals surface area contributed by atoms with Gasteiger partial charge in [0, 0.05) is 11.6 Å². The molecule has 0 aromatic heterocycles. The summed E-state index contributed by atoms with van der Waals surface area (Å²) in [4.78, 5) is 22.3. The Morgan fingerprint density at radius 3 is 2.48 bits per heavy atom. The SMILES string of the molecule is CCCC(Oc1cc(C)c([N+](=O)[O-])cc1C)C(=O)OCC. The number of carbonyl (C=O) groups is 1. The second kappa shape index (κ2) is 7.61. The molecule has 1 aromatic carbocycles. The van der Waals surface area contributed by atoms with Crippen LogP contribution in [0.25, 0.3) is 0 Å². The maximum absolute atomic E-state index is 11.9. The fourth-order valence-electron chi connectivity index (χ4n) is 1.97. The van der Waals surface area contributed by atoms with Crippen molar-refractivity contribution in [1.82, 2.24) is 0 Å². The zero-order chi connectivity index (χ0) is 16.0. The average molecular weight is 295 g/mol. The lowest BCUT2D eigenvalue weighted by atomic mass is 10.1. The zero-order valence-electron chi connectivity index (χ0n) is 12.8. The Labute approximate surface area is 124 Å². The highest BCUT2D eigenvalue weighted by Gasteiger charge is 2.23. The van der Waals surface area contributed by atoms with E-state index in [0.717, 1.165) is 6.42 Å². The molecule has 0 spiro atoms. The minimum atomic E-state index is -0.686. The van der Waals surface area contributed by atoms with Crippen LogP contribution in [0.1, 0.15) is 37.8 Å². The number of benzene rings is 1. The van der Waals surface area contributed by atoms with Gasteiger partial charge in [-0.3, -0.25) is 10.1 Å². The quantitative estimate of drug-likeness (QED) is 0.438. The van der Waals surface area contributed by atoms with E-state index >= 15 is 0 Å². The van der Waals surface area contributed by atoms with Crippen molar-refractivity contribution in [2.75, 3.05) is 6.61 Å². The number of esters is 1. The predicted molar refractivity (Wildman–Crippen MR) is 78.5 cm³/mol. The van der Waals surface area contributed by atoms with Gasteiger partial charge in [0.2, 0.25) is 0 Å². The molecule has 1 atom stereocenters. The van der Waals surface area contributed by atoms with Gasteiger partial charge in [0.05, 0.1) is 11.5 Å². The fourth-order valence-corrected chi connectivity index (χ4v) is 1.97. The summed E-state index contributed by atoms with van der Waals surface area (Å²) in [5.41, 5.74) is 1.17. The van der Waals surface area contributed by atoms with Crippen LogP contribution in [0.4, 0.5) is 5.69 Å². The lowest BCUT2D eigenvalue weighted by molar-refractivity contribution is -0.385. The van der Waals surface area contributed by atoms with E-state index in [1.165, 1.54) is 6.07 Å². The van der Waals surface area contributed by atoms with Crippen molar-refractivity contribution < 1.29 is 19.2 Å². The van der Waals surface area contributed by atoms with E-state index in [-0.39, 0.29) is 5.69 Å². The van der Waals surface area contributed by atoms with Crippen LogP contribution in [-0.2, 0) is 9.53 Å². The van der Waals surface area contributed by atoms with Gasteiger partial charge < -0.3 is 9.47 Å². The molecule has 0 bridgehead atoms. The summed E-state index contributed by atoms with van der Waals surface area (Å²) in [5, 5.41) is 10.9. The van der Waals surface area contributed by atoms with Gasteiger partial charge in [0.1, 0.15) is 5.75 Å². The lowest BCUT2D eigenvalue weighted by Crippen LogP contribution is -2.29. The molecule has 0 aliphatic heterocycles. The first-order valence-corrected chi connectivity index (χ1v) is 6.99. The second-order valence-corrected chi connectivity index (χ2v) is 4.81. The van der Waals surface area contributed by atoms with Crippen LogP contribution in [0.5, 0.6) is 5.75 Å². The highest BCUT2D eigenvalue weighted by Crippen LogP contribution is 2.29. The van der Waals surface area contributed by atoms with Crippen LogP contribution in [0, 0.1) is 24.0 Å². The molecule has 1 unspecified atom stereocenters. The van der Waals surface area contributed by atoms with Gasteiger partial charge in [-0.05, 0) is 38.8 Å². The van der Waals surface area contributed by atoms with Gasteiger partial charge in [0.25, 0.3) is 5.69 Å². The van der Waals surface area contributed by atoms with Gasteiger partial charge in [-0.1, -0.05) is 13.3 Å². The summed E-state index contributed by atoms with van der Waals surface area (Å²) >= 11 is 0. The molecule has 0 N–H and O–H groups in total.